The van der Waals surface area contributed by atoms with Crippen molar-refractivity contribution >= 4 is 17.5 Å². The fraction of sp³-hybridized carbons (Fsp3) is 0.556. The second-order valence-electron chi connectivity index (χ2n) is 4.10. The molecule has 9 nitrogen and oxygen atoms in total. The zero-order valence-electron chi connectivity index (χ0n) is 9.75. The number of aromatic nitrogens is 2. The van der Waals surface area contributed by atoms with Crippen LogP contribution in [0.2, 0.25) is 0 Å². The van der Waals surface area contributed by atoms with Crippen molar-refractivity contribution < 1.29 is 15.3 Å². The molecule has 0 spiro atoms. The minimum atomic E-state index is -0.961. The van der Waals surface area contributed by atoms with Crippen LogP contribution >= 0.6 is 0 Å². The predicted molar refractivity (Wildman–Crippen MR) is 65.1 cm³/mol. The third kappa shape index (κ3) is 2.23. The van der Waals surface area contributed by atoms with E-state index >= 15 is 0 Å². The standard InChI is InChI=1S/C9H16N6O3/c1-3(16)6(17)4-2-11-5-7(12-4)13-9(15-10)14-8(5)18/h3-4,6,11,16-17H,2,10H2,1H3,(H3,12,13,14,15,18). The van der Waals surface area contributed by atoms with E-state index in [1.807, 2.05) is 0 Å². The van der Waals surface area contributed by atoms with Gasteiger partial charge in [-0.3, -0.25) is 5.43 Å². The molecule has 0 aliphatic carbocycles. The Morgan fingerprint density at radius 1 is 1.44 bits per heavy atom. The number of nitrogen functional groups attached to an aromatic ring is 1. The lowest BCUT2D eigenvalue weighted by Gasteiger charge is -2.32. The average Bonchev–Trinajstić information content (AvgIpc) is 2.36. The number of nitrogens with two attached hydrogens (primary N) is 1. The summed E-state index contributed by atoms with van der Waals surface area (Å²) in [6.07, 6.45) is -1.84. The van der Waals surface area contributed by atoms with Crippen molar-refractivity contribution in [2.75, 3.05) is 22.6 Å². The molecule has 1 aliphatic heterocycles. The van der Waals surface area contributed by atoms with Crippen molar-refractivity contribution in [1.29, 1.82) is 0 Å². The molecule has 0 bridgehead atoms. The largest absolute Gasteiger partial charge is 0.492 e. The summed E-state index contributed by atoms with van der Waals surface area (Å²) in [5.74, 6) is 5.29. The first-order chi connectivity index (χ1) is 8.52. The third-order valence-electron chi connectivity index (χ3n) is 2.75. The van der Waals surface area contributed by atoms with Gasteiger partial charge in [0, 0.05) is 6.54 Å². The highest BCUT2D eigenvalue weighted by atomic mass is 16.3. The quantitative estimate of drug-likeness (QED) is 0.251. The Bertz CT molecular complexity index is 441. The van der Waals surface area contributed by atoms with Gasteiger partial charge in [0.1, 0.15) is 11.8 Å². The lowest BCUT2D eigenvalue weighted by atomic mass is 10.0. The molecule has 3 atom stereocenters. The second kappa shape index (κ2) is 4.80. The fourth-order valence-corrected chi connectivity index (χ4v) is 1.76. The van der Waals surface area contributed by atoms with Crippen LogP contribution in [0.15, 0.2) is 0 Å². The van der Waals surface area contributed by atoms with Gasteiger partial charge >= 0.3 is 0 Å². The monoisotopic (exact) mass is 256 g/mol. The van der Waals surface area contributed by atoms with E-state index in [1.165, 1.54) is 6.92 Å². The molecule has 9 heteroatoms. The number of rotatable bonds is 3. The Kier molecular flexibility index (Phi) is 3.36. The molecule has 0 radical (unpaired) electrons. The van der Waals surface area contributed by atoms with Gasteiger partial charge in [0.25, 0.3) is 0 Å². The van der Waals surface area contributed by atoms with Gasteiger partial charge < -0.3 is 26.0 Å². The summed E-state index contributed by atoms with van der Waals surface area (Å²) in [6.45, 7) is 1.82. The van der Waals surface area contributed by atoms with Crippen LogP contribution in [0.1, 0.15) is 6.92 Å². The highest BCUT2D eigenvalue weighted by Crippen LogP contribution is 2.33. The van der Waals surface area contributed by atoms with Crippen LogP contribution in [0.25, 0.3) is 0 Å². The molecular formula is C9H16N6O3. The number of hydrogen-bond acceptors (Lipinski definition) is 9. The van der Waals surface area contributed by atoms with Crippen molar-refractivity contribution in [2.45, 2.75) is 25.2 Å². The number of aromatic hydroxyl groups is 1. The van der Waals surface area contributed by atoms with E-state index in [2.05, 4.69) is 26.0 Å². The van der Waals surface area contributed by atoms with E-state index in [9.17, 15) is 15.3 Å². The van der Waals surface area contributed by atoms with E-state index in [4.69, 9.17) is 5.84 Å². The molecule has 0 fully saturated rings. The fourth-order valence-electron chi connectivity index (χ4n) is 1.76. The Morgan fingerprint density at radius 3 is 2.78 bits per heavy atom. The van der Waals surface area contributed by atoms with Crippen LogP contribution in [0.3, 0.4) is 0 Å². The number of hydrazine groups is 1. The predicted octanol–water partition coefficient (Wildman–Crippen LogP) is -1.58. The summed E-state index contributed by atoms with van der Waals surface area (Å²) < 4.78 is 0. The summed E-state index contributed by atoms with van der Waals surface area (Å²) in [5, 5.41) is 34.6. The first-order valence-electron chi connectivity index (χ1n) is 5.47. The van der Waals surface area contributed by atoms with Crippen LogP contribution in [-0.2, 0) is 0 Å². The summed E-state index contributed by atoms with van der Waals surface area (Å²) in [7, 11) is 0. The number of anilines is 3. The molecule has 2 rings (SSSR count). The van der Waals surface area contributed by atoms with Gasteiger partial charge in [0.2, 0.25) is 11.8 Å². The van der Waals surface area contributed by atoms with Gasteiger partial charge in [-0.25, -0.2) is 5.84 Å². The van der Waals surface area contributed by atoms with Gasteiger partial charge in [0.15, 0.2) is 5.82 Å². The minimum absolute atomic E-state index is 0.0488. The minimum Gasteiger partial charge on any atom is -0.492 e. The normalized spacial score (nSPS) is 21.2. The highest BCUT2D eigenvalue weighted by Gasteiger charge is 2.29. The molecule has 2 heterocycles. The van der Waals surface area contributed by atoms with E-state index in [-0.39, 0.29) is 11.8 Å². The lowest BCUT2D eigenvalue weighted by molar-refractivity contribution is 0.0213. The zero-order chi connectivity index (χ0) is 13.3. The van der Waals surface area contributed by atoms with Gasteiger partial charge in [-0.15, -0.1) is 0 Å². The van der Waals surface area contributed by atoms with Crippen LogP contribution in [0.4, 0.5) is 17.5 Å². The van der Waals surface area contributed by atoms with Gasteiger partial charge in [-0.2, -0.15) is 9.97 Å². The molecule has 100 valence electrons. The van der Waals surface area contributed by atoms with E-state index in [1.54, 1.807) is 0 Å². The molecule has 1 aromatic heterocycles. The Morgan fingerprint density at radius 2 is 2.17 bits per heavy atom. The van der Waals surface area contributed by atoms with Crippen LogP contribution in [0.5, 0.6) is 5.88 Å². The Hall–Kier alpha value is -1.84. The topological polar surface area (TPSA) is 149 Å². The van der Waals surface area contributed by atoms with E-state index in [0.717, 1.165) is 0 Å². The number of hydrogen-bond donors (Lipinski definition) is 7. The molecule has 18 heavy (non-hydrogen) atoms. The molecule has 3 unspecified atom stereocenters. The van der Waals surface area contributed by atoms with Crippen LogP contribution in [-0.4, -0.2) is 50.1 Å². The molecule has 8 N–H and O–H groups in total. The molecule has 0 saturated heterocycles. The van der Waals surface area contributed by atoms with E-state index in [0.29, 0.717) is 18.1 Å². The molecule has 0 amide bonds. The van der Waals surface area contributed by atoms with Crippen molar-refractivity contribution in [3.05, 3.63) is 0 Å². The zero-order valence-corrected chi connectivity index (χ0v) is 9.75. The maximum absolute atomic E-state index is 9.77. The van der Waals surface area contributed by atoms with Crippen molar-refractivity contribution in [2.24, 2.45) is 5.84 Å². The van der Waals surface area contributed by atoms with Crippen LogP contribution < -0.4 is 21.9 Å². The van der Waals surface area contributed by atoms with Crippen LogP contribution in [0, 0.1) is 0 Å². The highest BCUT2D eigenvalue weighted by molar-refractivity contribution is 5.73. The summed E-state index contributed by atoms with van der Waals surface area (Å²) >= 11 is 0. The number of nitrogens with zero attached hydrogens (tertiary/aromatic N) is 2. The molecule has 0 saturated carbocycles. The number of fused-ring (bicyclic) bond motifs is 1. The third-order valence-corrected chi connectivity index (χ3v) is 2.75. The lowest BCUT2D eigenvalue weighted by Crippen LogP contribution is -2.47. The van der Waals surface area contributed by atoms with Gasteiger partial charge in [-0.05, 0) is 6.92 Å². The van der Waals surface area contributed by atoms with Crippen molar-refractivity contribution in [1.82, 2.24) is 9.97 Å². The number of aliphatic hydroxyl groups excluding tert-OH is 2. The maximum Gasteiger partial charge on any atom is 0.242 e. The maximum atomic E-state index is 9.77. The first-order valence-corrected chi connectivity index (χ1v) is 5.47. The Balaban J connectivity index is 2.25. The molecular weight excluding hydrogens is 240 g/mol. The average molecular weight is 256 g/mol. The number of nitrogens with one attached hydrogen (secondary N) is 3. The number of aliphatic hydroxyl groups is 2. The second-order valence-corrected chi connectivity index (χ2v) is 4.10. The first kappa shape index (κ1) is 12.6. The smallest absolute Gasteiger partial charge is 0.242 e. The van der Waals surface area contributed by atoms with Gasteiger partial charge in [0.05, 0.1) is 12.1 Å². The summed E-state index contributed by atoms with van der Waals surface area (Å²) in [5.41, 5.74) is 2.56. The molecule has 1 aliphatic rings. The van der Waals surface area contributed by atoms with Gasteiger partial charge in [-0.1, -0.05) is 0 Å². The van der Waals surface area contributed by atoms with Crippen molar-refractivity contribution in [3.63, 3.8) is 0 Å². The molecule has 1 aromatic rings. The SMILES string of the molecule is CC(O)C(O)C1CNc2c(O)nc(NN)nc2N1. The molecule has 0 aromatic carbocycles. The van der Waals surface area contributed by atoms with E-state index < -0.39 is 18.2 Å². The van der Waals surface area contributed by atoms with Crippen molar-refractivity contribution in [3.8, 4) is 5.88 Å². The summed E-state index contributed by atoms with van der Waals surface area (Å²) in [4.78, 5) is 7.71. The Labute approximate surface area is 103 Å². The summed E-state index contributed by atoms with van der Waals surface area (Å²) in [6, 6.07) is -0.433.